The Kier molecular flexibility index (Phi) is 4.28. The van der Waals surface area contributed by atoms with Crippen LogP contribution in [-0.2, 0) is 4.79 Å². The van der Waals surface area contributed by atoms with Crippen LogP contribution in [0.5, 0.6) is 5.75 Å². The maximum absolute atomic E-state index is 12.8. The predicted octanol–water partition coefficient (Wildman–Crippen LogP) is 0.549. The first-order valence-electron chi connectivity index (χ1n) is 8.28. The monoisotopic (exact) mass is 380 g/mol. The fraction of sp³-hybridized carbons (Fsp3) is 0.111. The Morgan fingerprint density at radius 1 is 1.29 bits per heavy atom. The maximum atomic E-state index is 12.8. The minimum Gasteiger partial charge on any atom is -0.497 e. The van der Waals surface area contributed by atoms with E-state index in [9.17, 15) is 9.59 Å². The minimum atomic E-state index is -0.722. The van der Waals surface area contributed by atoms with Gasteiger partial charge < -0.3 is 15.0 Å². The summed E-state index contributed by atoms with van der Waals surface area (Å²) in [5.74, 6) is 5.65. The molecule has 28 heavy (non-hydrogen) atoms. The summed E-state index contributed by atoms with van der Waals surface area (Å²) in [6, 6.07) is 9.40. The van der Waals surface area contributed by atoms with E-state index in [0.29, 0.717) is 11.4 Å². The van der Waals surface area contributed by atoms with Crippen molar-refractivity contribution in [3.8, 4) is 5.75 Å². The molecule has 2 aromatic rings. The Labute approximate surface area is 159 Å². The number of hydrazone groups is 2. The number of carbonyl (C=O) groups excluding carboxylic acids is 2. The number of fused-ring (bicyclic) bond motifs is 1. The summed E-state index contributed by atoms with van der Waals surface area (Å²) in [6.07, 6.45) is 2.81. The van der Waals surface area contributed by atoms with Crippen molar-refractivity contribution in [3.63, 3.8) is 0 Å². The summed E-state index contributed by atoms with van der Waals surface area (Å²) >= 11 is 0. The van der Waals surface area contributed by atoms with Gasteiger partial charge in [-0.05, 0) is 42.5 Å². The van der Waals surface area contributed by atoms with Crippen LogP contribution in [0, 0.1) is 0 Å². The van der Waals surface area contributed by atoms with Crippen LogP contribution in [0.15, 0.2) is 68.9 Å². The van der Waals surface area contributed by atoms with Gasteiger partial charge in [0.05, 0.1) is 24.6 Å². The number of nitrogens with zero attached hydrogens (tertiary/aromatic N) is 3. The van der Waals surface area contributed by atoms with Crippen molar-refractivity contribution in [2.45, 2.75) is 6.04 Å². The average Bonchev–Trinajstić information content (AvgIpc) is 3.28. The van der Waals surface area contributed by atoms with Gasteiger partial charge in [0.2, 0.25) is 5.78 Å². The molecule has 10 nitrogen and oxygen atoms in total. The van der Waals surface area contributed by atoms with Gasteiger partial charge in [-0.2, -0.15) is 10.2 Å². The van der Waals surface area contributed by atoms with Crippen molar-refractivity contribution in [2.24, 2.45) is 16.0 Å². The number of ether oxygens (including phenoxy) is 1. The smallest absolute Gasteiger partial charge is 0.268 e. The molecule has 0 spiro atoms. The number of allylic oxidation sites excluding steroid dienone is 1. The summed E-state index contributed by atoms with van der Waals surface area (Å²) in [6.45, 7) is 0. The van der Waals surface area contributed by atoms with E-state index >= 15 is 0 Å². The third kappa shape index (κ3) is 2.86. The highest BCUT2D eigenvalue weighted by Crippen LogP contribution is 2.29. The molecule has 1 saturated heterocycles. The number of benzene rings is 1. The average molecular weight is 380 g/mol. The van der Waals surface area contributed by atoms with Crippen LogP contribution < -0.4 is 26.4 Å². The molecule has 142 valence electrons. The van der Waals surface area contributed by atoms with E-state index < -0.39 is 17.7 Å². The molecule has 1 aromatic carbocycles. The Morgan fingerprint density at radius 2 is 2.07 bits per heavy atom. The Bertz CT molecular complexity index is 1010. The first-order valence-corrected chi connectivity index (χ1v) is 8.28. The molecule has 1 fully saturated rings. The number of Topliss-reactive ketones (excluding diaryl/α,β-unsaturated/α-hetero) is 1. The molecular formula is C18H16N6O4. The van der Waals surface area contributed by atoms with Crippen molar-refractivity contribution in [3.05, 3.63) is 60.1 Å². The number of amidine groups is 1. The van der Waals surface area contributed by atoms with Crippen molar-refractivity contribution in [1.29, 1.82) is 0 Å². The number of furan rings is 1. The van der Waals surface area contributed by atoms with Gasteiger partial charge in [-0.1, -0.05) is 0 Å². The van der Waals surface area contributed by atoms with Gasteiger partial charge in [0.25, 0.3) is 5.91 Å². The van der Waals surface area contributed by atoms with E-state index in [4.69, 9.17) is 15.0 Å². The van der Waals surface area contributed by atoms with E-state index in [2.05, 4.69) is 21.1 Å². The molecule has 0 bridgehead atoms. The van der Waals surface area contributed by atoms with E-state index in [1.807, 2.05) is 0 Å². The Hall–Kier alpha value is -4.08. The summed E-state index contributed by atoms with van der Waals surface area (Å²) in [5.41, 5.74) is 6.04. The molecule has 1 atom stereocenters. The van der Waals surface area contributed by atoms with Crippen molar-refractivity contribution in [1.82, 2.24) is 10.9 Å². The van der Waals surface area contributed by atoms with Crippen LogP contribution >= 0.6 is 0 Å². The molecular weight excluding hydrogens is 364 g/mol. The predicted molar refractivity (Wildman–Crippen MR) is 101 cm³/mol. The molecule has 10 heteroatoms. The molecule has 2 aliphatic heterocycles. The molecule has 4 rings (SSSR count). The lowest BCUT2D eigenvalue weighted by molar-refractivity contribution is -0.118. The topological polar surface area (TPSA) is 135 Å². The summed E-state index contributed by atoms with van der Waals surface area (Å²) in [5, 5.41) is 9.66. The van der Waals surface area contributed by atoms with Gasteiger partial charge in [-0.15, -0.1) is 0 Å². The molecule has 3 heterocycles. The van der Waals surface area contributed by atoms with Crippen LogP contribution in [0.3, 0.4) is 0 Å². The highest BCUT2D eigenvalue weighted by molar-refractivity contribution is 6.50. The van der Waals surface area contributed by atoms with Gasteiger partial charge in [-0.25, -0.2) is 5.01 Å². The highest BCUT2D eigenvalue weighted by atomic mass is 16.5. The Balaban J connectivity index is 1.82. The van der Waals surface area contributed by atoms with E-state index in [1.54, 1.807) is 37.4 Å². The number of nitrogens with two attached hydrogens (primary N) is 1. The van der Waals surface area contributed by atoms with Gasteiger partial charge >= 0.3 is 0 Å². The second-order valence-corrected chi connectivity index (χ2v) is 5.93. The number of hydrogen-bond acceptors (Lipinski definition) is 8. The first-order chi connectivity index (χ1) is 13.6. The number of hydrogen-bond donors (Lipinski definition) is 3. The van der Waals surface area contributed by atoms with Crippen LogP contribution in [-0.4, -0.2) is 36.4 Å². The maximum Gasteiger partial charge on any atom is 0.268 e. The minimum absolute atomic E-state index is 0.0467. The second-order valence-electron chi connectivity index (χ2n) is 5.93. The fourth-order valence-electron chi connectivity index (χ4n) is 2.96. The standard InChI is InChI=1S/C18H16N6O4/c1-27-11-6-4-10(5-7-11)24-15-12(18(26)22-21-17(15)20-19)9-13(23-24)16(25)14-3-2-8-28-14/h2-9,15H,19H2,1H3,(H,20,21)(H,22,26). The number of hydrazine groups is 1. The van der Waals surface area contributed by atoms with E-state index in [1.165, 1.54) is 23.4 Å². The molecule has 0 aliphatic carbocycles. The fourth-order valence-corrected chi connectivity index (χ4v) is 2.96. The number of nitrogens with one attached hydrogen (secondary N) is 2. The number of carbonyl (C=O) groups is 2. The third-order valence-corrected chi connectivity index (χ3v) is 4.33. The molecule has 0 saturated carbocycles. The van der Waals surface area contributed by atoms with Gasteiger partial charge in [0.1, 0.15) is 17.5 Å². The van der Waals surface area contributed by atoms with E-state index in [0.717, 1.165) is 0 Å². The normalized spacial score (nSPS) is 19.9. The highest BCUT2D eigenvalue weighted by Gasteiger charge is 2.40. The number of rotatable bonds is 4. The number of methoxy groups -OCH3 is 1. The van der Waals surface area contributed by atoms with Crippen LogP contribution in [0.4, 0.5) is 5.69 Å². The van der Waals surface area contributed by atoms with Gasteiger partial charge in [-0.3, -0.25) is 20.4 Å². The molecule has 0 radical (unpaired) electrons. The zero-order valence-corrected chi connectivity index (χ0v) is 14.7. The molecule has 2 aliphatic rings. The number of amides is 1. The van der Waals surface area contributed by atoms with Crippen LogP contribution in [0.1, 0.15) is 10.6 Å². The summed E-state index contributed by atoms with van der Waals surface area (Å²) in [4.78, 5) is 25.2. The van der Waals surface area contributed by atoms with Crippen molar-refractivity contribution >= 4 is 28.9 Å². The summed E-state index contributed by atoms with van der Waals surface area (Å²) in [7, 11) is 1.56. The number of anilines is 1. The van der Waals surface area contributed by atoms with Crippen LogP contribution in [0.2, 0.25) is 0 Å². The lowest BCUT2D eigenvalue weighted by Gasteiger charge is -2.37. The van der Waals surface area contributed by atoms with Crippen LogP contribution in [0.25, 0.3) is 0 Å². The number of ketones is 1. The zero-order valence-electron chi connectivity index (χ0n) is 14.7. The van der Waals surface area contributed by atoms with Crippen molar-refractivity contribution in [2.75, 3.05) is 12.1 Å². The SMILES string of the molecule is COc1ccc(N2N=C(C(=O)c3ccco3)C=C3C(=O)NN/C(=N\N)C32)cc1. The quantitative estimate of drug-likeness (QED) is 0.400. The lowest BCUT2D eigenvalue weighted by atomic mass is 9.97. The Morgan fingerprint density at radius 3 is 2.71 bits per heavy atom. The second kappa shape index (κ2) is 6.91. The molecule has 1 aromatic heterocycles. The zero-order chi connectivity index (χ0) is 19.7. The van der Waals surface area contributed by atoms with E-state index in [-0.39, 0.29) is 22.9 Å². The van der Waals surface area contributed by atoms with Gasteiger partial charge in [0, 0.05) is 0 Å². The molecule has 1 unspecified atom stereocenters. The van der Waals surface area contributed by atoms with Crippen molar-refractivity contribution < 1.29 is 18.7 Å². The molecule has 1 amide bonds. The lowest BCUT2D eigenvalue weighted by Crippen LogP contribution is -2.61. The largest absolute Gasteiger partial charge is 0.497 e. The van der Waals surface area contributed by atoms with Gasteiger partial charge in [0.15, 0.2) is 11.6 Å². The molecule has 4 N–H and O–H groups in total. The third-order valence-electron chi connectivity index (χ3n) is 4.33. The first kappa shape index (κ1) is 17.3. The summed E-state index contributed by atoms with van der Waals surface area (Å²) < 4.78 is 10.4.